The van der Waals surface area contributed by atoms with Crippen molar-refractivity contribution in [2.24, 2.45) is 0 Å². The molecule has 2 rings (SSSR count). The van der Waals surface area contributed by atoms with E-state index in [1.165, 1.54) is 19.2 Å². The Labute approximate surface area is 140 Å². The number of para-hydroxylation sites is 1. The number of ether oxygens (including phenoxy) is 1. The summed E-state index contributed by atoms with van der Waals surface area (Å²) < 4.78 is 32.7. The van der Waals surface area contributed by atoms with Gasteiger partial charge in [-0.1, -0.05) is 37.8 Å². The van der Waals surface area contributed by atoms with Gasteiger partial charge in [-0.05, 0) is 18.9 Å². The number of carbonyl (C=O) groups excluding carboxylic acids is 1. The van der Waals surface area contributed by atoms with E-state index in [9.17, 15) is 23.3 Å². The van der Waals surface area contributed by atoms with E-state index in [4.69, 9.17) is 4.74 Å². The van der Waals surface area contributed by atoms with Gasteiger partial charge in [0.2, 0.25) is 10.0 Å². The Morgan fingerprint density at radius 2 is 1.79 bits per heavy atom. The van der Waals surface area contributed by atoms with E-state index in [0.717, 1.165) is 25.0 Å². The quantitative estimate of drug-likeness (QED) is 0.374. The van der Waals surface area contributed by atoms with E-state index in [1.54, 1.807) is 0 Å². The molecule has 0 aromatic heterocycles. The molecule has 1 aliphatic rings. The first kappa shape index (κ1) is 18.3. The van der Waals surface area contributed by atoms with Crippen LogP contribution in [0.25, 0.3) is 0 Å². The van der Waals surface area contributed by atoms with Gasteiger partial charge in [0.1, 0.15) is 5.54 Å². The third-order valence-electron chi connectivity index (χ3n) is 4.21. The molecule has 1 N–H and O–H groups in total. The second-order valence-corrected chi connectivity index (χ2v) is 7.47. The van der Waals surface area contributed by atoms with E-state index in [-0.39, 0.29) is 0 Å². The molecular formula is C15H20N2O6S. The molecule has 1 fully saturated rings. The van der Waals surface area contributed by atoms with Crippen LogP contribution >= 0.6 is 0 Å². The van der Waals surface area contributed by atoms with Crippen molar-refractivity contribution < 1.29 is 22.9 Å². The van der Waals surface area contributed by atoms with Gasteiger partial charge in [0, 0.05) is 6.07 Å². The largest absolute Gasteiger partial charge is 0.468 e. The van der Waals surface area contributed by atoms with Crippen LogP contribution in [0.2, 0.25) is 0 Å². The molecule has 1 aliphatic carbocycles. The molecule has 0 spiro atoms. The number of nitro groups is 1. The van der Waals surface area contributed by atoms with Crippen LogP contribution in [-0.2, 0) is 19.6 Å². The van der Waals surface area contributed by atoms with E-state index < -0.39 is 37.0 Å². The second kappa shape index (κ2) is 7.27. The molecule has 8 nitrogen and oxygen atoms in total. The van der Waals surface area contributed by atoms with Gasteiger partial charge in [0.25, 0.3) is 5.69 Å². The molecule has 1 aromatic rings. The number of carbonyl (C=O) groups is 1. The number of hydrogen-bond acceptors (Lipinski definition) is 6. The normalized spacial score (nSPS) is 17.7. The summed E-state index contributed by atoms with van der Waals surface area (Å²) in [6.07, 6.45) is 3.75. The number of nitrogens with one attached hydrogen (secondary N) is 1. The zero-order valence-corrected chi connectivity index (χ0v) is 14.2. The fourth-order valence-corrected chi connectivity index (χ4v) is 4.61. The highest BCUT2D eigenvalue weighted by Crippen LogP contribution is 2.31. The van der Waals surface area contributed by atoms with Crippen molar-refractivity contribution in [3.05, 3.63) is 34.4 Å². The minimum atomic E-state index is -4.26. The number of benzene rings is 1. The standard InChI is InChI=1S/C15H20N2O6S/c1-23-14(18)15(10-6-2-3-7-11-15)16-24(21,22)13-9-5-4-8-12(13)17(19)20/h4-5,8-9,16H,2-3,6-7,10-11H2,1H3. The maximum Gasteiger partial charge on any atom is 0.327 e. The summed E-state index contributed by atoms with van der Waals surface area (Å²) in [4.78, 5) is 22.2. The lowest BCUT2D eigenvalue weighted by molar-refractivity contribution is -0.387. The maximum atomic E-state index is 12.7. The van der Waals surface area contributed by atoms with Crippen LogP contribution in [0.15, 0.2) is 29.2 Å². The number of rotatable bonds is 5. The first-order chi connectivity index (χ1) is 11.3. The first-order valence-corrected chi connectivity index (χ1v) is 9.16. The number of sulfonamides is 1. The van der Waals surface area contributed by atoms with Gasteiger partial charge in [0.15, 0.2) is 4.90 Å². The van der Waals surface area contributed by atoms with E-state index in [2.05, 4.69) is 4.72 Å². The Morgan fingerprint density at radius 3 is 2.33 bits per heavy atom. The summed E-state index contributed by atoms with van der Waals surface area (Å²) in [5.41, 5.74) is -1.91. The van der Waals surface area contributed by atoms with Gasteiger partial charge in [-0.25, -0.2) is 8.42 Å². The van der Waals surface area contributed by atoms with Gasteiger partial charge >= 0.3 is 5.97 Å². The van der Waals surface area contributed by atoms with Crippen LogP contribution in [0.4, 0.5) is 5.69 Å². The summed E-state index contributed by atoms with van der Waals surface area (Å²) in [5.74, 6) is -0.661. The van der Waals surface area contributed by atoms with Crippen molar-refractivity contribution in [1.29, 1.82) is 0 Å². The fraction of sp³-hybridized carbons (Fsp3) is 0.533. The molecule has 1 aromatic carbocycles. The average Bonchev–Trinajstić information content (AvgIpc) is 2.80. The molecule has 0 heterocycles. The van der Waals surface area contributed by atoms with E-state index >= 15 is 0 Å². The zero-order valence-electron chi connectivity index (χ0n) is 13.4. The minimum absolute atomic E-state index is 0.305. The Bertz CT molecular complexity index is 723. The Kier molecular flexibility index (Phi) is 5.55. The lowest BCUT2D eigenvalue weighted by Gasteiger charge is -2.30. The van der Waals surface area contributed by atoms with Crippen molar-refractivity contribution in [3.8, 4) is 0 Å². The second-order valence-electron chi connectivity index (χ2n) is 5.82. The molecule has 0 atom stereocenters. The summed E-state index contributed by atoms with van der Waals surface area (Å²) in [5, 5.41) is 11.1. The highest BCUT2D eigenvalue weighted by atomic mass is 32.2. The Balaban J connectivity index is 2.45. The number of esters is 1. The minimum Gasteiger partial charge on any atom is -0.468 e. The van der Waals surface area contributed by atoms with Crippen LogP contribution in [0.3, 0.4) is 0 Å². The van der Waals surface area contributed by atoms with Gasteiger partial charge < -0.3 is 4.74 Å². The number of nitrogens with zero attached hydrogens (tertiary/aromatic N) is 1. The number of nitro benzene ring substituents is 1. The molecule has 1 saturated carbocycles. The molecule has 0 radical (unpaired) electrons. The molecule has 0 amide bonds. The zero-order chi connectivity index (χ0) is 17.8. The van der Waals surface area contributed by atoms with Crippen LogP contribution in [-0.4, -0.2) is 32.0 Å². The number of methoxy groups -OCH3 is 1. The highest BCUT2D eigenvalue weighted by Gasteiger charge is 2.44. The van der Waals surface area contributed by atoms with E-state index in [0.29, 0.717) is 25.7 Å². The van der Waals surface area contributed by atoms with Crippen LogP contribution < -0.4 is 4.72 Å². The fourth-order valence-electron chi connectivity index (χ4n) is 3.02. The van der Waals surface area contributed by atoms with Crippen molar-refractivity contribution in [3.63, 3.8) is 0 Å². The van der Waals surface area contributed by atoms with Crippen LogP contribution in [0, 0.1) is 10.1 Å². The smallest absolute Gasteiger partial charge is 0.327 e. The maximum absolute atomic E-state index is 12.7. The average molecular weight is 356 g/mol. The lowest BCUT2D eigenvalue weighted by Crippen LogP contribution is -2.54. The molecule has 0 bridgehead atoms. The summed E-state index contributed by atoms with van der Waals surface area (Å²) >= 11 is 0. The van der Waals surface area contributed by atoms with Gasteiger partial charge in [0.05, 0.1) is 12.0 Å². The first-order valence-electron chi connectivity index (χ1n) is 7.68. The molecule has 0 saturated heterocycles. The monoisotopic (exact) mass is 356 g/mol. The molecule has 0 aliphatic heterocycles. The molecule has 132 valence electrons. The van der Waals surface area contributed by atoms with Crippen molar-refractivity contribution in [2.75, 3.05) is 7.11 Å². The predicted molar refractivity (Wildman–Crippen MR) is 85.9 cm³/mol. The topological polar surface area (TPSA) is 116 Å². The van der Waals surface area contributed by atoms with E-state index in [1.807, 2.05) is 0 Å². The summed E-state index contributed by atoms with van der Waals surface area (Å²) in [7, 11) is -3.06. The third-order valence-corrected chi connectivity index (χ3v) is 5.80. The highest BCUT2D eigenvalue weighted by molar-refractivity contribution is 7.89. The Morgan fingerprint density at radius 1 is 1.21 bits per heavy atom. The molecule has 9 heteroatoms. The van der Waals surface area contributed by atoms with Crippen molar-refractivity contribution >= 4 is 21.7 Å². The summed E-state index contributed by atoms with van der Waals surface area (Å²) in [6.45, 7) is 0. The Hall–Kier alpha value is -2.00. The van der Waals surface area contributed by atoms with Crippen LogP contribution in [0.5, 0.6) is 0 Å². The van der Waals surface area contributed by atoms with Gasteiger partial charge in [-0.2, -0.15) is 4.72 Å². The number of hydrogen-bond donors (Lipinski definition) is 1. The van der Waals surface area contributed by atoms with Crippen molar-refractivity contribution in [2.45, 2.75) is 49.0 Å². The predicted octanol–water partition coefficient (Wildman–Crippen LogP) is 2.14. The van der Waals surface area contributed by atoms with Crippen molar-refractivity contribution in [1.82, 2.24) is 4.72 Å². The molecule has 24 heavy (non-hydrogen) atoms. The van der Waals surface area contributed by atoms with Gasteiger partial charge in [-0.3, -0.25) is 14.9 Å². The van der Waals surface area contributed by atoms with Crippen LogP contribution in [0.1, 0.15) is 38.5 Å². The molecular weight excluding hydrogens is 336 g/mol. The molecule has 0 unspecified atom stereocenters. The lowest BCUT2D eigenvalue weighted by atomic mass is 9.92. The SMILES string of the molecule is COC(=O)C1(NS(=O)(=O)c2ccccc2[N+](=O)[O-])CCCCCC1. The third kappa shape index (κ3) is 3.73. The summed E-state index contributed by atoms with van der Waals surface area (Å²) in [6, 6.07) is 5.06. The van der Waals surface area contributed by atoms with Gasteiger partial charge in [-0.15, -0.1) is 0 Å².